The number of carbonyl (C=O) groups excluding carboxylic acids is 3. The van der Waals surface area contributed by atoms with E-state index in [-0.39, 0.29) is 24.1 Å². The van der Waals surface area contributed by atoms with Crippen LogP contribution in [0.3, 0.4) is 0 Å². The Kier molecular flexibility index (Phi) is 5.36. The Balaban J connectivity index is 1.84. The third-order valence-corrected chi connectivity index (χ3v) is 3.78. The van der Waals surface area contributed by atoms with Gasteiger partial charge in [0.15, 0.2) is 0 Å². The van der Waals surface area contributed by atoms with Crippen LogP contribution in [0.5, 0.6) is 0 Å². The molecular weight excluding hydrogens is 294 g/mol. The number of carbonyl (C=O) groups is 3. The van der Waals surface area contributed by atoms with Crippen molar-refractivity contribution in [1.29, 1.82) is 0 Å². The lowest BCUT2D eigenvalue weighted by molar-refractivity contribution is -0.129. The first-order valence-electron chi connectivity index (χ1n) is 7.81. The highest BCUT2D eigenvalue weighted by Gasteiger charge is 2.34. The zero-order valence-corrected chi connectivity index (χ0v) is 13.8. The molecule has 6 heteroatoms. The van der Waals surface area contributed by atoms with Crippen molar-refractivity contribution in [2.45, 2.75) is 27.2 Å². The van der Waals surface area contributed by atoms with Gasteiger partial charge in [0.1, 0.15) is 0 Å². The van der Waals surface area contributed by atoms with Crippen molar-refractivity contribution in [3.63, 3.8) is 0 Å². The lowest BCUT2D eigenvalue weighted by Gasteiger charge is -2.18. The topological polar surface area (TPSA) is 78.5 Å². The van der Waals surface area contributed by atoms with Crippen LogP contribution in [0.4, 0.5) is 0 Å². The summed E-state index contributed by atoms with van der Waals surface area (Å²) in [6, 6.07) is 7.05. The molecule has 2 N–H and O–H groups in total. The third kappa shape index (κ3) is 4.55. The molecular formula is C17H23N3O3. The molecule has 0 saturated carbocycles. The van der Waals surface area contributed by atoms with Crippen LogP contribution in [-0.2, 0) is 9.59 Å². The van der Waals surface area contributed by atoms with Crippen LogP contribution in [0, 0.1) is 18.8 Å². The fraction of sp³-hybridized carbons (Fsp3) is 0.471. The van der Waals surface area contributed by atoms with Crippen molar-refractivity contribution in [2.75, 3.05) is 13.1 Å². The van der Waals surface area contributed by atoms with E-state index < -0.39 is 5.92 Å². The first kappa shape index (κ1) is 17.0. The lowest BCUT2D eigenvalue weighted by atomic mass is 10.1. The largest absolute Gasteiger partial charge is 0.342 e. The zero-order chi connectivity index (χ0) is 17.0. The van der Waals surface area contributed by atoms with Crippen molar-refractivity contribution in [3.05, 3.63) is 35.4 Å². The number of hydrazine groups is 1. The van der Waals surface area contributed by atoms with Gasteiger partial charge < -0.3 is 4.90 Å². The number of benzene rings is 1. The van der Waals surface area contributed by atoms with Crippen molar-refractivity contribution in [1.82, 2.24) is 15.8 Å². The first-order chi connectivity index (χ1) is 10.9. The van der Waals surface area contributed by atoms with Gasteiger partial charge in [-0.1, -0.05) is 31.5 Å². The minimum absolute atomic E-state index is 0.0105. The molecule has 1 fully saturated rings. The van der Waals surface area contributed by atoms with Gasteiger partial charge in [-0.05, 0) is 25.0 Å². The number of nitrogens with zero attached hydrogens (tertiary/aromatic N) is 1. The second-order valence-corrected chi connectivity index (χ2v) is 6.40. The number of hydrogen-bond acceptors (Lipinski definition) is 3. The third-order valence-electron chi connectivity index (χ3n) is 3.78. The molecule has 124 valence electrons. The van der Waals surface area contributed by atoms with Gasteiger partial charge in [-0.3, -0.25) is 25.2 Å². The number of aryl methyl sites for hydroxylation is 1. The van der Waals surface area contributed by atoms with Crippen molar-refractivity contribution >= 4 is 17.7 Å². The fourth-order valence-corrected chi connectivity index (χ4v) is 2.56. The fourth-order valence-electron chi connectivity index (χ4n) is 2.56. The average molecular weight is 317 g/mol. The summed E-state index contributed by atoms with van der Waals surface area (Å²) in [7, 11) is 0. The van der Waals surface area contributed by atoms with Gasteiger partial charge in [-0.25, -0.2) is 0 Å². The maximum absolute atomic E-state index is 12.1. The SMILES string of the molecule is Cc1ccc(C(=O)NNC(=O)[C@@H]2CC(=O)N(CC(C)C)C2)cc1. The highest BCUT2D eigenvalue weighted by molar-refractivity contribution is 5.96. The van der Waals surface area contributed by atoms with Crippen LogP contribution in [0.15, 0.2) is 24.3 Å². The predicted octanol–water partition coefficient (Wildman–Crippen LogP) is 1.26. The van der Waals surface area contributed by atoms with E-state index in [0.29, 0.717) is 24.6 Å². The molecule has 23 heavy (non-hydrogen) atoms. The van der Waals surface area contributed by atoms with Crippen LogP contribution < -0.4 is 10.9 Å². The molecule has 1 atom stereocenters. The second-order valence-electron chi connectivity index (χ2n) is 6.40. The van der Waals surface area contributed by atoms with E-state index in [1.807, 2.05) is 32.9 Å². The minimum Gasteiger partial charge on any atom is -0.342 e. The Morgan fingerprint density at radius 2 is 1.87 bits per heavy atom. The Hall–Kier alpha value is -2.37. The average Bonchev–Trinajstić information content (AvgIpc) is 2.85. The molecule has 1 aromatic carbocycles. The number of likely N-dealkylation sites (tertiary alicyclic amines) is 1. The van der Waals surface area contributed by atoms with Crippen LogP contribution in [0.2, 0.25) is 0 Å². The summed E-state index contributed by atoms with van der Waals surface area (Å²) in [5, 5.41) is 0. The van der Waals surface area contributed by atoms with Gasteiger partial charge in [0.05, 0.1) is 5.92 Å². The Labute approximate surface area is 136 Å². The van der Waals surface area contributed by atoms with Gasteiger partial charge in [-0.15, -0.1) is 0 Å². The van der Waals surface area contributed by atoms with Crippen molar-refractivity contribution < 1.29 is 14.4 Å². The molecule has 0 aromatic heterocycles. The smallest absolute Gasteiger partial charge is 0.269 e. The zero-order valence-electron chi connectivity index (χ0n) is 13.8. The van der Waals surface area contributed by atoms with Crippen LogP contribution in [0.25, 0.3) is 0 Å². The highest BCUT2D eigenvalue weighted by Crippen LogP contribution is 2.18. The summed E-state index contributed by atoms with van der Waals surface area (Å²) >= 11 is 0. The lowest BCUT2D eigenvalue weighted by Crippen LogP contribution is -2.45. The van der Waals surface area contributed by atoms with Crippen molar-refractivity contribution in [2.24, 2.45) is 11.8 Å². The summed E-state index contributed by atoms with van der Waals surface area (Å²) in [6.45, 7) is 7.05. The van der Waals surface area contributed by atoms with E-state index >= 15 is 0 Å². The number of nitrogens with one attached hydrogen (secondary N) is 2. The van der Waals surface area contributed by atoms with Crippen LogP contribution >= 0.6 is 0 Å². The van der Waals surface area contributed by atoms with E-state index in [1.54, 1.807) is 17.0 Å². The predicted molar refractivity (Wildman–Crippen MR) is 86.3 cm³/mol. The maximum atomic E-state index is 12.1. The summed E-state index contributed by atoms with van der Waals surface area (Å²) in [5.74, 6) is -0.767. The van der Waals surface area contributed by atoms with E-state index in [4.69, 9.17) is 0 Å². The quantitative estimate of drug-likeness (QED) is 0.821. The van der Waals surface area contributed by atoms with Gasteiger partial charge >= 0.3 is 0 Å². The van der Waals surface area contributed by atoms with E-state index in [0.717, 1.165) is 5.56 Å². The molecule has 3 amide bonds. The molecule has 0 aliphatic carbocycles. The molecule has 1 heterocycles. The Morgan fingerprint density at radius 3 is 2.48 bits per heavy atom. The molecule has 1 aliphatic heterocycles. The summed E-state index contributed by atoms with van der Waals surface area (Å²) in [6.07, 6.45) is 0.193. The summed E-state index contributed by atoms with van der Waals surface area (Å²) in [4.78, 5) is 37.6. The molecule has 1 aromatic rings. The summed E-state index contributed by atoms with van der Waals surface area (Å²) < 4.78 is 0. The molecule has 0 spiro atoms. The highest BCUT2D eigenvalue weighted by atomic mass is 16.2. The maximum Gasteiger partial charge on any atom is 0.269 e. The second kappa shape index (κ2) is 7.26. The van der Waals surface area contributed by atoms with Gasteiger partial charge in [0.25, 0.3) is 5.91 Å². The molecule has 0 bridgehead atoms. The molecule has 2 rings (SSSR count). The number of amides is 3. The first-order valence-corrected chi connectivity index (χ1v) is 7.81. The van der Waals surface area contributed by atoms with Gasteiger partial charge in [0, 0.05) is 25.1 Å². The molecule has 6 nitrogen and oxygen atoms in total. The summed E-state index contributed by atoms with van der Waals surface area (Å²) in [5.41, 5.74) is 6.34. The van der Waals surface area contributed by atoms with Crippen LogP contribution in [-0.4, -0.2) is 35.7 Å². The standard InChI is InChI=1S/C17H23N3O3/c1-11(2)9-20-10-14(8-15(20)21)17(23)19-18-16(22)13-6-4-12(3)5-7-13/h4-7,11,14H,8-10H2,1-3H3,(H,18,22)(H,19,23)/t14-/m1/s1. The Morgan fingerprint density at radius 1 is 1.22 bits per heavy atom. The molecule has 1 aliphatic rings. The molecule has 1 saturated heterocycles. The van der Waals surface area contributed by atoms with E-state index in [2.05, 4.69) is 10.9 Å². The number of hydrogen-bond donors (Lipinski definition) is 2. The van der Waals surface area contributed by atoms with E-state index in [1.165, 1.54) is 0 Å². The van der Waals surface area contributed by atoms with Gasteiger partial charge in [-0.2, -0.15) is 0 Å². The van der Waals surface area contributed by atoms with Crippen LogP contribution in [0.1, 0.15) is 36.2 Å². The van der Waals surface area contributed by atoms with Crippen molar-refractivity contribution in [3.8, 4) is 0 Å². The van der Waals surface area contributed by atoms with E-state index in [9.17, 15) is 14.4 Å². The number of rotatable bonds is 4. The van der Waals surface area contributed by atoms with Gasteiger partial charge in [0.2, 0.25) is 11.8 Å². The monoisotopic (exact) mass is 317 g/mol. The molecule has 0 unspecified atom stereocenters. The Bertz CT molecular complexity index is 596. The molecule has 0 radical (unpaired) electrons. The normalized spacial score (nSPS) is 17.5. The minimum atomic E-state index is -0.417.